The van der Waals surface area contributed by atoms with E-state index >= 15 is 0 Å². The minimum absolute atomic E-state index is 0.0267. The molecule has 13 heavy (non-hydrogen) atoms. The number of hydrogen-bond acceptors (Lipinski definition) is 3. The van der Waals surface area contributed by atoms with Crippen LogP contribution in [-0.2, 0) is 16.0 Å². The highest BCUT2D eigenvalue weighted by molar-refractivity contribution is 5.86. The Balaban J connectivity index is 2.33. The van der Waals surface area contributed by atoms with Crippen molar-refractivity contribution in [3.8, 4) is 5.75 Å². The van der Waals surface area contributed by atoms with Crippen molar-refractivity contribution in [1.82, 2.24) is 0 Å². The van der Waals surface area contributed by atoms with Crippen molar-refractivity contribution >= 4 is 5.78 Å². The molecule has 3 nitrogen and oxygen atoms in total. The molecule has 0 aliphatic carbocycles. The second kappa shape index (κ2) is 3.18. The van der Waals surface area contributed by atoms with Gasteiger partial charge >= 0.3 is 0 Å². The van der Waals surface area contributed by atoms with Gasteiger partial charge in [-0.2, -0.15) is 0 Å². The van der Waals surface area contributed by atoms with Gasteiger partial charge in [0.1, 0.15) is 5.75 Å². The second-order valence-electron chi connectivity index (χ2n) is 2.94. The quantitative estimate of drug-likeness (QED) is 0.647. The van der Waals surface area contributed by atoms with E-state index in [0.717, 1.165) is 11.3 Å². The molecule has 0 bridgehead atoms. The van der Waals surface area contributed by atoms with Crippen molar-refractivity contribution in [1.29, 1.82) is 0 Å². The summed E-state index contributed by atoms with van der Waals surface area (Å²) in [5.41, 5.74) is 0.931. The van der Waals surface area contributed by atoms with Gasteiger partial charge in [0.25, 0.3) is 6.29 Å². The van der Waals surface area contributed by atoms with E-state index in [1.165, 1.54) is 7.11 Å². The zero-order valence-corrected chi connectivity index (χ0v) is 7.32. The molecule has 0 saturated heterocycles. The van der Waals surface area contributed by atoms with E-state index in [1.807, 2.05) is 24.3 Å². The number of rotatable bonds is 1. The fourth-order valence-corrected chi connectivity index (χ4v) is 1.40. The molecule has 1 aromatic carbocycles. The lowest BCUT2D eigenvalue weighted by Crippen LogP contribution is -2.34. The Bertz CT molecular complexity index is 333. The molecule has 2 rings (SSSR count). The number of carbonyl (C=O) groups excluding carboxylic acids is 1. The fourth-order valence-electron chi connectivity index (χ4n) is 1.40. The monoisotopic (exact) mass is 178 g/mol. The van der Waals surface area contributed by atoms with Crippen LogP contribution in [0.15, 0.2) is 24.3 Å². The van der Waals surface area contributed by atoms with Crippen molar-refractivity contribution in [2.24, 2.45) is 0 Å². The molecule has 1 unspecified atom stereocenters. The summed E-state index contributed by atoms with van der Waals surface area (Å²) in [6.45, 7) is 0. The lowest BCUT2D eigenvalue weighted by molar-refractivity contribution is -0.147. The number of carbonyl (C=O) groups is 1. The SMILES string of the molecule is COC1Oc2ccccc2CC1=O. The van der Waals surface area contributed by atoms with E-state index in [1.54, 1.807) is 0 Å². The summed E-state index contributed by atoms with van der Waals surface area (Å²) < 4.78 is 10.2. The third-order valence-corrected chi connectivity index (χ3v) is 2.05. The maximum absolute atomic E-state index is 11.3. The average Bonchev–Trinajstić information content (AvgIpc) is 2.17. The smallest absolute Gasteiger partial charge is 0.260 e. The third-order valence-electron chi connectivity index (χ3n) is 2.05. The molecule has 0 aromatic heterocycles. The van der Waals surface area contributed by atoms with E-state index in [0.29, 0.717) is 6.42 Å². The Morgan fingerprint density at radius 1 is 1.46 bits per heavy atom. The van der Waals surface area contributed by atoms with Crippen molar-refractivity contribution in [3.05, 3.63) is 29.8 Å². The van der Waals surface area contributed by atoms with Crippen LogP contribution in [0.5, 0.6) is 5.75 Å². The summed E-state index contributed by atoms with van der Waals surface area (Å²) in [5.74, 6) is 0.718. The molecular weight excluding hydrogens is 168 g/mol. The maximum Gasteiger partial charge on any atom is 0.260 e. The number of Topliss-reactive ketones (excluding diaryl/α,β-unsaturated/α-hetero) is 1. The highest BCUT2D eigenvalue weighted by Gasteiger charge is 2.26. The molecule has 0 amide bonds. The minimum Gasteiger partial charge on any atom is -0.457 e. The first-order valence-electron chi connectivity index (χ1n) is 4.11. The van der Waals surface area contributed by atoms with Crippen LogP contribution in [0.3, 0.4) is 0 Å². The fraction of sp³-hybridized carbons (Fsp3) is 0.300. The lowest BCUT2D eigenvalue weighted by atomic mass is 10.1. The Hall–Kier alpha value is -1.35. The summed E-state index contributed by atoms with van der Waals surface area (Å²) in [6, 6.07) is 7.50. The molecule has 1 heterocycles. The van der Waals surface area contributed by atoms with Crippen LogP contribution in [0, 0.1) is 0 Å². The lowest BCUT2D eigenvalue weighted by Gasteiger charge is -2.23. The van der Waals surface area contributed by atoms with Gasteiger partial charge in [0.15, 0.2) is 0 Å². The van der Waals surface area contributed by atoms with Gasteiger partial charge in [-0.3, -0.25) is 4.79 Å². The van der Waals surface area contributed by atoms with Gasteiger partial charge in [0.05, 0.1) is 0 Å². The molecule has 0 N–H and O–H groups in total. The number of para-hydroxylation sites is 1. The zero-order chi connectivity index (χ0) is 9.26. The molecule has 0 spiro atoms. The number of ether oxygens (including phenoxy) is 2. The Morgan fingerprint density at radius 2 is 2.23 bits per heavy atom. The maximum atomic E-state index is 11.3. The number of methoxy groups -OCH3 is 1. The van der Waals surface area contributed by atoms with Gasteiger partial charge in [0, 0.05) is 19.1 Å². The van der Waals surface area contributed by atoms with Crippen LogP contribution in [0.25, 0.3) is 0 Å². The summed E-state index contributed by atoms with van der Waals surface area (Å²) >= 11 is 0. The third kappa shape index (κ3) is 1.42. The number of ketones is 1. The molecule has 0 fully saturated rings. The van der Waals surface area contributed by atoms with Crippen LogP contribution in [0.1, 0.15) is 5.56 Å². The first kappa shape index (κ1) is 8.26. The van der Waals surface area contributed by atoms with Crippen molar-refractivity contribution in [2.75, 3.05) is 7.11 Å². The van der Waals surface area contributed by atoms with Crippen LogP contribution in [0.4, 0.5) is 0 Å². The topological polar surface area (TPSA) is 35.5 Å². The predicted molar refractivity (Wildman–Crippen MR) is 46.6 cm³/mol. The van der Waals surface area contributed by atoms with Crippen LogP contribution in [-0.4, -0.2) is 19.2 Å². The molecule has 1 aliphatic rings. The van der Waals surface area contributed by atoms with E-state index in [9.17, 15) is 4.79 Å². The second-order valence-corrected chi connectivity index (χ2v) is 2.94. The van der Waals surface area contributed by atoms with Crippen molar-refractivity contribution in [3.63, 3.8) is 0 Å². The van der Waals surface area contributed by atoms with Crippen LogP contribution < -0.4 is 4.74 Å². The molecule has 68 valence electrons. The largest absolute Gasteiger partial charge is 0.457 e. The van der Waals surface area contributed by atoms with Crippen molar-refractivity contribution in [2.45, 2.75) is 12.7 Å². The zero-order valence-electron chi connectivity index (χ0n) is 7.32. The number of hydrogen-bond donors (Lipinski definition) is 0. The van der Waals surface area contributed by atoms with Gasteiger partial charge in [-0.05, 0) is 6.07 Å². The highest BCUT2D eigenvalue weighted by Crippen LogP contribution is 2.25. The molecule has 0 saturated carbocycles. The van der Waals surface area contributed by atoms with E-state index < -0.39 is 6.29 Å². The molecule has 1 atom stereocenters. The van der Waals surface area contributed by atoms with Gasteiger partial charge in [-0.25, -0.2) is 0 Å². The van der Waals surface area contributed by atoms with E-state index in [4.69, 9.17) is 9.47 Å². The van der Waals surface area contributed by atoms with Crippen LogP contribution in [0.2, 0.25) is 0 Å². The standard InChI is InChI=1S/C10H10O3/c1-12-10-8(11)6-7-4-2-3-5-9(7)13-10/h2-5,10H,6H2,1H3. The molecule has 1 aliphatic heterocycles. The molecule has 3 heteroatoms. The summed E-state index contributed by atoms with van der Waals surface area (Å²) in [7, 11) is 1.47. The molecular formula is C10H10O3. The minimum atomic E-state index is -0.727. The molecule has 1 aromatic rings. The van der Waals surface area contributed by atoms with Gasteiger partial charge in [-0.1, -0.05) is 18.2 Å². The number of fused-ring (bicyclic) bond motifs is 1. The van der Waals surface area contributed by atoms with Crippen molar-refractivity contribution < 1.29 is 14.3 Å². The van der Waals surface area contributed by atoms with Crippen LogP contribution >= 0.6 is 0 Å². The first-order valence-corrected chi connectivity index (χ1v) is 4.11. The Morgan fingerprint density at radius 3 is 3.00 bits per heavy atom. The average molecular weight is 178 g/mol. The normalized spacial score (nSPS) is 20.7. The first-order chi connectivity index (χ1) is 6.31. The number of benzene rings is 1. The highest BCUT2D eigenvalue weighted by atomic mass is 16.7. The molecule has 0 radical (unpaired) electrons. The summed E-state index contributed by atoms with van der Waals surface area (Å²) in [4.78, 5) is 11.3. The van der Waals surface area contributed by atoms with Gasteiger partial charge in [-0.15, -0.1) is 0 Å². The summed E-state index contributed by atoms with van der Waals surface area (Å²) in [6.07, 6.45) is -0.329. The summed E-state index contributed by atoms with van der Waals surface area (Å²) in [5, 5.41) is 0. The predicted octanol–water partition coefficient (Wildman–Crippen LogP) is 1.16. The Labute approximate surface area is 76.3 Å². The van der Waals surface area contributed by atoms with Gasteiger partial charge < -0.3 is 9.47 Å². The van der Waals surface area contributed by atoms with Gasteiger partial charge in [0.2, 0.25) is 5.78 Å². The van der Waals surface area contributed by atoms with E-state index in [2.05, 4.69) is 0 Å². The van der Waals surface area contributed by atoms with E-state index in [-0.39, 0.29) is 5.78 Å². The Kier molecular flexibility index (Phi) is 2.02.